The van der Waals surface area contributed by atoms with Crippen LogP contribution in [-0.2, 0) is 5.41 Å². The van der Waals surface area contributed by atoms with Gasteiger partial charge in [0.05, 0.1) is 16.3 Å². The van der Waals surface area contributed by atoms with Crippen molar-refractivity contribution in [3.63, 3.8) is 0 Å². The van der Waals surface area contributed by atoms with Gasteiger partial charge >= 0.3 is 12.0 Å². The Bertz CT molecular complexity index is 1490. The maximum Gasteiger partial charge on any atom is 0.337 e. The van der Waals surface area contributed by atoms with E-state index in [1.807, 2.05) is 61.5 Å². The number of carbonyl (C=O) groups is 2. The summed E-state index contributed by atoms with van der Waals surface area (Å²) in [5.74, 6) is 0.0410. The van der Waals surface area contributed by atoms with Gasteiger partial charge in [0.2, 0.25) is 0 Å². The van der Waals surface area contributed by atoms with Crippen molar-refractivity contribution < 1.29 is 19.4 Å². The third-order valence-electron chi connectivity index (χ3n) is 5.99. The number of halogens is 1. The Kier molecular flexibility index (Phi) is 7.74. The van der Waals surface area contributed by atoms with E-state index < -0.39 is 12.0 Å². The van der Waals surface area contributed by atoms with Crippen LogP contribution < -0.4 is 15.4 Å². The van der Waals surface area contributed by atoms with Crippen molar-refractivity contribution in [3.8, 4) is 22.6 Å². The number of hydrogen-bond acceptors (Lipinski definition) is 3. The zero-order valence-corrected chi connectivity index (χ0v) is 22.4. The molecule has 0 unspecified atom stereocenters. The van der Waals surface area contributed by atoms with E-state index in [9.17, 15) is 14.7 Å². The number of rotatable bonds is 6. The zero-order valence-electron chi connectivity index (χ0n) is 21.6. The number of amides is 2. The number of hydrogen-bond donors (Lipinski definition) is 3. The summed E-state index contributed by atoms with van der Waals surface area (Å²) in [4.78, 5) is 24.3. The van der Waals surface area contributed by atoms with Gasteiger partial charge < -0.3 is 20.5 Å². The monoisotopic (exact) mass is 528 g/mol. The van der Waals surface area contributed by atoms with Crippen LogP contribution in [0.2, 0.25) is 5.02 Å². The van der Waals surface area contributed by atoms with Crippen LogP contribution in [-0.4, -0.2) is 17.1 Å². The van der Waals surface area contributed by atoms with Crippen LogP contribution in [0.4, 0.5) is 16.2 Å². The van der Waals surface area contributed by atoms with E-state index in [2.05, 4.69) is 31.4 Å². The minimum atomic E-state index is -1.10. The molecule has 7 heteroatoms. The van der Waals surface area contributed by atoms with Gasteiger partial charge in [-0.3, -0.25) is 0 Å². The molecule has 0 aliphatic heterocycles. The largest absolute Gasteiger partial charge is 0.478 e. The summed E-state index contributed by atoms with van der Waals surface area (Å²) in [5, 5.41) is 15.2. The molecule has 0 spiro atoms. The summed E-state index contributed by atoms with van der Waals surface area (Å²) in [5.41, 5.74) is 4.49. The Balaban J connectivity index is 1.71. The summed E-state index contributed by atoms with van der Waals surface area (Å²) in [6.45, 7) is 8.30. The number of carboxylic acid groups (broad SMARTS) is 1. The molecule has 0 aromatic heterocycles. The van der Waals surface area contributed by atoms with Gasteiger partial charge in [-0.05, 0) is 65.9 Å². The fraction of sp³-hybridized carbons (Fsp3) is 0.161. The second-order valence-corrected chi connectivity index (χ2v) is 10.4. The molecule has 0 radical (unpaired) electrons. The normalized spacial score (nSPS) is 11.1. The molecule has 4 aromatic rings. The highest BCUT2D eigenvalue weighted by Gasteiger charge is 2.20. The summed E-state index contributed by atoms with van der Waals surface area (Å²) in [6.07, 6.45) is 0. The Labute approximate surface area is 227 Å². The van der Waals surface area contributed by atoms with Gasteiger partial charge in [0.15, 0.2) is 5.75 Å². The molecule has 2 amide bonds. The van der Waals surface area contributed by atoms with Gasteiger partial charge in [0.1, 0.15) is 5.75 Å². The van der Waals surface area contributed by atoms with Gasteiger partial charge in [-0.1, -0.05) is 80.4 Å². The average molecular weight is 529 g/mol. The lowest BCUT2D eigenvalue weighted by molar-refractivity contribution is 0.0697. The highest BCUT2D eigenvalue weighted by molar-refractivity contribution is 6.33. The first-order valence-electron chi connectivity index (χ1n) is 12.1. The molecule has 0 heterocycles. The Morgan fingerprint density at radius 1 is 0.816 bits per heavy atom. The molecule has 0 aliphatic carbocycles. The Morgan fingerprint density at radius 2 is 1.47 bits per heavy atom. The molecule has 0 fully saturated rings. The van der Waals surface area contributed by atoms with Crippen LogP contribution in [0.3, 0.4) is 0 Å². The lowest BCUT2D eigenvalue weighted by atomic mass is 9.86. The molecule has 0 aliphatic rings. The molecule has 6 nitrogen and oxygen atoms in total. The van der Waals surface area contributed by atoms with Crippen molar-refractivity contribution in [1.82, 2.24) is 0 Å². The number of anilines is 2. The highest BCUT2D eigenvalue weighted by atomic mass is 35.5. The number of urea groups is 1. The fourth-order valence-electron chi connectivity index (χ4n) is 3.98. The molecular weight excluding hydrogens is 500 g/mol. The lowest BCUT2D eigenvalue weighted by Gasteiger charge is -2.23. The zero-order chi connectivity index (χ0) is 27.4. The number of para-hydroxylation sites is 1. The second kappa shape index (κ2) is 11.0. The molecule has 0 atom stereocenters. The number of benzene rings is 4. The van der Waals surface area contributed by atoms with Crippen LogP contribution in [0, 0.1) is 6.92 Å². The van der Waals surface area contributed by atoms with Crippen molar-refractivity contribution in [3.05, 3.63) is 107 Å². The van der Waals surface area contributed by atoms with Crippen molar-refractivity contribution in [2.45, 2.75) is 33.1 Å². The average Bonchev–Trinajstić information content (AvgIpc) is 2.86. The predicted molar refractivity (Wildman–Crippen MR) is 153 cm³/mol. The quantitative estimate of drug-likeness (QED) is 0.233. The third kappa shape index (κ3) is 6.33. The SMILES string of the molecule is Cc1ccc(NC(=O)Nc2cc(-c3ccc(C(=O)O)c(Cl)c3)ccc2Oc2ccccc2C(C)(C)C)cc1. The van der Waals surface area contributed by atoms with Gasteiger partial charge in [-0.2, -0.15) is 0 Å². The minimum absolute atomic E-state index is 0.0185. The first-order valence-corrected chi connectivity index (χ1v) is 12.5. The van der Waals surface area contributed by atoms with Crippen LogP contribution in [0.1, 0.15) is 42.3 Å². The first-order chi connectivity index (χ1) is 18.0. The standard InChI is InChI=1S/C31H29ClN2O4/c1-19-9-13-22(14-10-19)33-30(37)34-26-18-21(20-11-15-23(29(35)36)25(32)17-20)12-16-28(26)38-27-8-6-5-7-24(27)31(2,3)4/h5-18H,1-4H3,(H,35,36)(H2,33,34,37). The predicted octanol–water partition coefficient (Wildman–Crippen LogP) is 8.75. The number of nitrogens with one attached hydrogen (secondary N) is 2. The molecule has 3 N–H and O–H groups in total. The molecule has 0 bridgehead atoms. The van der Waals surface area contributed by atoms with E-state index in [4.69, 9.17) is 16.3 Å². The van der Waals surface area contributed by atoms with Crippen LogP contribution in [0.25, 0.3) is 11.1 Å². The van der Waals surface area contributed by atoms with Crippen LogP contribution in [0.15, 0.2) is 84.9 Å². The van der Waals surface area contributed by atoms with Gasteiger partial charge in [-0.15, -0.1) is 0 Å². The number of carboxylic acids is 1. The molecule has 38 heavy (non-hydrogen) atoms. The smallest absolute Gasteiger partial charge is 0.337 e. The Morgan fingerprint density at radius 3 is 2.13 bits per heavy atom. The molecule has 4 aromatic carbocycles. The summed E-state index contributed by atoms with van der Waals surface area (Å²) < 4.78 is 6.35. The van der Waals surface area contributed by atoms with Gasteiger partial charge in [-0.25, -0.2) is 9.59 Å². The lowest BCUT2D eigenvalue weighted by Crippen LogP contribution is -2.20. The molecule has 0 saturated heterocycles. The third-order valence-corrected chi connectivity index (χ3v) is 6.30. The summed E-state index contributed by atoms with van der Waals surface area (Å²) >= 11 is 6.21. The van der Waals surface area contributed by atoms with E-state index in [0.717, 1.165) is 16.7 Å². The highest BCUT2D eigenvalue weighted by Crippen LogP contribution is 2.39. The number of aromatic carboxylic acids is 1. The maximum absolute atomic E-state index is 13.0. The number of carbonyl (C=O) groups excluding carboxylic acids is 1. The van der Waals surface area contributed by atoms with Crippen molar-refractivity contribution in [1.29, 1.82) is 0 Å². The van der Waals surface area contributed by atoms with Gasteiger partial charge in [0.25, 0.3) is 0 Å². The fourth-order valence-corrected chi connectivity index (χ4v) is 4.24. The van der Waals surface area contributed by atoms with Crippen molar-refractivity contribution in [2.75, 3.05) is 10.6 Å². The second-order valence-electron chi connectivity index (χ2n) is 10.0. The number of ether oxygens (including phenoxy) is 1. The van der Waals surface area contributed by atoms with Crippen molar-refractivity contribution >= 4 is 35.0 Å². The molecule has 194 valence electrons. The summed E-state index contributed by atoms with van der Waals surface area (Å²) in [6, 6.07) is 25.0. The van der Waals surface area contributed by atoms with Crippen LogP contribution in [0.5, 0.6) is 11.5 Å². The van der Waals surface area contributed by atoms with E-state index >= 15 is 0 Å². The van der Waals surface area contributed by atoms with E-state index in [0.29, 0.717) is 28.4 Å². The summed E-state index contributed by atoms with van der Waals surface area (Å²) in [7, 11) is 0. The number of aryl methyl sites for hydroxylation is 1. The minimum Gasteiger partial charge on any atom is -0.478 e. The van der Waals surface area contributed by atoms with Gasteiger partial charge in [0, 0.05) is 11.3 Å². The van der Waals surface area contributed by atoms with E-state index in [1.165, 1.54) is 6.07 Å². The van der Waals surface area contributed by atoms with E-state index in [1.54, 1.807) is 24.3 Å². The maximum atomic E-state index is 13.0. The van der Waals surface area contributed by atoms with Crippen LogP contribution >= 0.6 is 11.6 Å². The molecular formula is C31H29ClN2O4. The van der Waals surface area contributed by atoms with Crippen molar-refractivity contribution in [2.24, 2.45) is 0 Å². The molecule has 0 saturated carbocycles. The van der Waals surface area contributed by atoms with E-state index in [-0.39, 0.29) is 16.0 Å². The Hall–Kier alpha value is -4.29. The topological polar surface area (TPSA) is 87.7 Å². The molecule has 4 rings (SSSR count). The first kappa shape index (κ1) is 26.8.